The van der Waals surface area contributed by atoms with Crippen molar-refractivity contribution in [3.63, 3.8) is 0 Å². The molecule has 0 aliphatic heterocycles. The van der Waals surface area contributed by atoms with E-state index in [1.165, 1.54) is 6.20 Å². The molecular formula is C19H17N7O. The van der Waals surface area contributed by atoms with Gasteiger partial charge in [0.1, 0.15) is 11.6 Å². The maximum absolute atomic E-state index is 12.4. The molecule has 2 aromatic carbocycles. The summed E-state index contributed by atoms with van der Waals surface area (Å²) in [4.78, 5) is 12.4. The van der Waals surface area contributed by atoms with Gasteiger partial charge in [0.15, 0.2) is 0 Å². The molecule has 1 atom stereocenters. The minimum atomic E-state index is -0.155. The highest BCUT2D eigenvalue weighted by molar-refractivity contribution is 5.94. The van der Waals surface area contributed by atoms with Crippen LogP contribution in [0, 0.1) is 11.3 Å². The molecule has 0 radical (unpaired) electrons. The molecule has 0 aliphatic rings. The van der Waals surface area contributed by atoms with Crippen LogP contribution in [0.15, 0.2) is 60.8 Å². The molecular weight excluding hydrogens is 342 g/mol. The van der Waals surface area contributed by atoms with Gasteiger partial charge in [0.2, 0.25) is 5.82 Å². The van der Waals surface area contributed by atoms with Crippen molar-refractivity contribution in [3.05, 3.63) is 77.7 Å². The summed E-state index contributed by atoms with van der Waals surface area (Å²) in [6.45, 7) is 1.94. The summed E-state index contributed by atoms with van der Waals surface area (Å²) in [5.41, 5.74) is 2.55. The number of nitrogens with one attached hydrogen (secondary N) is 3. The van der Waals surface area contributed by atoms with Gasteiger partial charge in [-0.1, -0.05) is 30.3 Å². The first kappa shape index (κ1) is 17.8. The molecule has 0 bridgehead atoms. The van der Waals surface area contributed by atoms with Gasteiger partial charge in [-0.05, 0) is 42.0 Å². The lowest BCUT2D eigenvalue weighted by Crippen LogP contribution is -2.26. The fraction of sp³-hybridized carbons (Fsp3) is 0.105. The Morgan fingerprint density at radius 3 is 2.56 bits per heavy atom. The highest BCUT2D eigenvalue weighted by atomic mass is 16.1. The third-order valence-corrected chi connectivity index (χ3v) is 3.88. The van der Waals surface area contributed by atoms with E-state index in [9.17, 15) is 4.79 Å². The number of nitriles is 1. The van der Waals surface area contributed by atoms with Crippen molar-refractivity contribution in [2.24, 2.45) is 0 Å². The maximum Gasteiger partial charge on any atom is 0.251 e. The Bertz CT molecular complexity index is 958. The first-order valence-corrected chi connectivity index (χ1v) is 8.24. The summed E-state index contributed by atoms with van der Waals surface area (Å²) in [6.07, 6.45) is 1.48. The normalized spacial score (nSPS) is 12.1. The van der Waals surface area contributed by atoms with E-state index in [0.29, 0.717) is 5.56 Å². The molecule has 8 nitrogen and oxygen atoms in total. The van der Waals surface area contributed by atoms with E-state index in [4.69, 9.17) is 5.26 Å². The molecule has 27 heavy (non-hydrogen) atoms. The number of aromatic amines is 1. The number of benzene rings is 2. The zero-order valence-electron chi connectivity index (χ0n) is 14.5. The number of carbonyl (C=O) groups is 1. The average molecular weight is 359 g/mol. The van der Waals surface area contributed by atoms with Crippen molar-refractivity contribution in [1.82, 2.24) is 25.9 Å². The molecule has 134 valence electrons. The zero-order valence-corrected chi connectivity index (χ0v) is 14.5. The Morgan fingerprint density at radius 1 is 1.19 bits per heavy atom. The zero-order chi connectivity index (χ0) is 19.1. The fourth-order valence-electron chi connectivity index (χ4n) is 2.40. The largest absolute Gasteiger partial charge is 0.360 e. The van der Waals surface area contributed by atoms with E-state index >= 15 is 0 Å². The van der Waals surface area contributed by atoms with Crippen LogP contribution < -0.4 is 10.6 Å². The van der Waals surface area contributed by atoms with E-state index in [1.54, 1.807) is 24.3 Å². The molecule has 8 heteroatoms. The molecule has 3 N–H and O–H groups in total. The van der Waals surface area contributed by atoms with Crippen LogP contribution in [0.2, 0.25) is 0 Å². The molecule has 3 aromatic rings. The van der Waals surface area contributed by atoms with E-state index in [-0.39, 0.29) is 23.3 Å². The summed E-state index contributed by atoms with van der Waals surface area (Å²) in [5.74, 6) is 0.0499. The number of tetrazole rings is 1. The van der Waals surface area contributed by atoms with Crippen LogP contribution in [0.4, 0.5) is 5.69 Å². The molecule has 1 aromatic heterocycles. The van der Waals surface area contributed by atoms with Crippen molar-refractivity contribution in [3.8, 4) is 6.07 Å². The van der Waals surface area contributed by atoms with Gasteiger partial charge in [0, 0.05) is 17.5 Å². The second-order valence-electron chi connectivity index (χ2n) is 5.73. The standard InChI is InChI=1S/C19H17N7O/c1-13(14-5-3-2-4-6-14)22-19(27)15-7-9-17(10-8-15)21-12-16(11-20)18-23-25-26-24-18/h2-10,12-13,21H,1H3,(H,22,27)(H,23,24,25,26). The lowest BCUT2D eigenvalue weighted by atomic mass is 10.1. The van der Waals surface area contributed by atoms with Crippen LogP contribution in [-0.4, -0.2) is 26.5 Å². The Balaban J connectivity index is 1.63. The smallest absolute Gasteiger partial charge is 0.251 e. The Kier molecular flexibility index (Phi) is 5.54. The molecule has 0 saturated heterocycles. The molecule has 1 amide bonds. The monoisotopic (exact) mass is 359 g/mol. The molecule has 1 unspecified atom stereocenters. The molecule has 3 rings (SSSR count). The number of allylic oxidation sites excluding steroid dienone is 1. The van der Waals surface area contributed by atoms with Gasteiger partial charge in [-0.25, -0.2) is 0 Å². The maximum atomic E-state index is 12.4. The van der Waals surface area contributed by atoms with Crippen molar-refractivity contribution in [1.29, 1.82) is 5.26 Å². The summed E-state index contributed by atoms with van der Waals surface area (Å²) < 4.78 is 0. The molecule has 0 spiro atoms. The number of carbonyl (C=O) groups excluding carboxylic acids is 1. The lowest BCUT2D eigenvalue weighted by molar-refractivity contribution is 0.0940. The minimum Gasteiger partial charge on any atom is -0.360 e. The van der Waals surface area contributed by atoms with Crippen LogP contribution in [-0.2, 0) is 0 Å². The third kappa shape index (κ3) is 4.55. The van der Waals surface area contributed by atoms with Crippen LogP contribution >= 0.6 is 0 Å². The van der Waals surface area contributed by atoms with Gasteiger partial charge in [0.25, 0.3) is 5.91 Å². The predicted octanol–water partition coefficient (Wildman–Crippen LogP) is 2.67. The van der Waals surface area contributed by atoms with Gasteiger partial charge < -0.3 is 10.6 Å². The summed E-state index contributed by atoms with van der Waals surface area (Å²) >= 11 is 0. The summed E-state index contributed by atoms with van der Waals surface area (Å²) in [7, 11) is 0. The number of H-pyrrole nitrogens is 1. The van der Waals surface area contributed by atoms with Gasteiger partial charge in [-0.2, -0.15) is 10.5 Å². The van der Waals surface area contributed by atoms with Gasteiger partial charge in [0.05, 0.1) is 6.04 Å². The van der Waals surface area contributed by atoms with Crippen molar-refractivity contribution in [2.45, 2.75) is 13.0 Å². The number of hydrogen-bond donors (Lipinski definition) is 3. The Labute approximate surface area is 155 Å². The highest BCUT2D eigenvalue weighted by Crippen LogP contribution is 2.15. The fourth-order valence-corrected chi connectivity index (χ4v) is 2.40. The summed E-state index contributed by atoms with van der Waals surface area (Å²) in [5, 5.41) is 28.3. The summed E-state index contributed by atoms with van der Waals surface area (Å²) in [6, 6.07) is 18.6. The number of anilines is 1. The molecule has 1 heterocycles. The molecule has 0 saturated carbocycles. The van der Waals surface area contributed by atoms with E-state index in [2.05, 4.69) is 31.3 Å². The van der Waals surface area contributed by atoms with Gasteiger partial charge in [-0.15, -0.1) is 10.2 Å². The number of aromatic nitrogens is 4. The van der Waals surface area contributed by atoms with E-state index in [1.807, 2.05) is 43.3 Å². The van der Waals surface area contributed by atoms with Gasteiger partial charge >= 0.3 is 0 Å². The quantitative estimate of drug-likeness (QED) is 0.582. The Morgan fingerprint density at radius 2 is 1.93 bits per heavy atom. The second-order valence-corrected chi connectivity index (χ2v) is 5.73. The minimum absolute atomic E-state index is 0.0902. The topological polar surface area (TPSA) is 119 Å². The van der Waals surface area contributed by atoms with Gasteiger partial charge in [-0.3, -0.25) is 4.79 Å². The SMILES string of the molecule is CC(NC(=O)c1ccc(NC=C(C#N)c2nn[nH]n2)cc1)c1ccccc1. The number of rotatable bonds is 6. The number of hydrogen-bond acceptors (Lipinski definition) is 6. The van der Waals surface area contributed by atoms with Crippen molar-refractivity contribution < 1.29 is 4.79 Å². The Hall–Kier alpha value is -3.99. The second kappa shape index (κ2) is 8.40. The van der Waals surface area contributed by atoms with Crippen molar-refractivity contribution >= 4 is 17.2 Å². The van der Waals surface area contributed by atoms with E-state index < -0.39 is 0 Å². The van der Waals surface area contributed by atoms with Crippen LogP contribution in [0.25, 0.3) is 5.57 Å². The average Bonchev–Trinajstić information content (AvgIpc) is 3.24. The first-order chi connectivity index (χ1) is 13.2. The van der Waals surface area contributed by atoms with Crippen LogP contribution in [0.1, 0.15) is 34.7 Å². The van der Waals surface area contributed by atoms with E-state index in [0.717, 1.165) is 11.3 Å². The highest BCUT2D eigenvalue weighted by Gasteiger charge is 2.11. The van der Waals surface area contributed by atoms with Crippen LogP contribution in [0.5, 0.6) is 0 Å². The lowest BCUT2D eigenvalue weighted by Gasteiger charge is -2.14. The first-order valence-electron chi connectivity index (χ1n) is 8.24. The van der Waals surface area contributed by atoms with Crippen molar-refractivity contribution in [2.75, 3.05) is 5.32 Å². The number of nitrogens with zero attached hydrogens (tertiary/aromatic N) is 4. The molecule has 0 fully saturated rings. The third-order valence-electron chi connectivity index (χ3n) is 3.88. The van der Waals surface area contributed by atoms with Crippen LogP contribution in [0.3, 0.4) is 0 Å². The number of amides is 1. The molecule has 0 aliphatic carbocycles. The predicted molar refractivity (Wildman–Crippen MR) is 100 cm³/mol.